The van der Waals surface area contributed by atoms with Gasteiger partial charge < -0.3 is 10.1 Å². The van der Waals surface area contributed by atoms with Crippen LogP contribution < -0.4 is 5.32 Å². The first-order valence-corrected chi connectivity index (χ1v) is 10.9. The molecule has 4 rings (SSSR count). The number of benzene rings is 2. The Morgan fingerprint density at radius 2 is 1.76 bits per heavy atom. The summed E-state index contributed by atoms with van der Waals surface area (Å²) in [4.78, 5) is 26.3. The van der Waals surface area contributed by atoms with E-state index in [2.05, 4.69) is 5.32 Å². The van der Waals surface area contributed by atoms with E-state index in [0.717, 1.165) is 11.6 Å². The summed E-state index contributed by atoms with van der Waals surface area (Å²) in [6, 6.07) is 10.8. The minimum atomic E-state index is -4.68. The van der Waals surface area contributed by atoms with Crippen LogP contribution in [0.25, 0.3) is 0 Å². The number of carbonyl (C=O) groups is 2. The first-order chi connectivity index (χ1) is 16.1. The lowest BCUT2D eigenvalue weighted by atomic mass is 9.71. The second-order valence-corrected chi connectivity index (χ2v) is 8.37. The summed E-state index contributed by atoms with van der Waals surface area (Å²) in [6.07, 6.45) is -4.30. The molecule has 0 bridgehead atoms. The van der Waals surface area contributed by atoms with Gasteiger partial charge in [0.2, 0.25) is 0 Å². The van der Waals surface area contributed by atoms with Gasteiger partial charge >= 0.3 is 12.1 Å². The fourth-order valence-electron chi connectivity index (χ4n) is 4.81. The molecule has 4 nitrogen and oxygen atoms in total. The van der Waals surface area contributed by atoms with Gasteiger partial charge in [-0.05, 0) is 55.5 Å². The number of hydrogen-bond acceptors (Lipinski definition) is 4. The number of alkyl halides is 3. The zero-order valence-electron chi connectivity index (χ0n) is 18.6. The fourth-order valence-corrected chi connectivity index (χ4v) is 4.81. The number of rotatable bonds is 4. The van der Waals surface area contributed by atoms with Crippen LogP contribution in [0.15, 0.2) is 71.1 Å². The topological polar surface area (TPSA) is 55.4 Å². The highest BCUT2D eigenvalue weighted by molar-refractivity contribution is 6.04. The number of esters is 1. The van der Waals surface area contributed by atoms with Crippen molar-refractivity contribution in [3.63, 3.8) is 0 Å². The van der Waals surface area contributed by atoms with Crippen LogP contribution in [-0.2, 0) is 20.5 Å². The summed E-state index contributed by atoms with van der Waals surface area (Å²) in [5, 5.41) is 3.09. The Morgan fingerprint density at radius 3 is 2.41 bits per heavy atom. The van der Waals surface area contributed by atoms with E-state index in [1.165, 1.54) is 30.3 Å². The molecule has 0 fully saturated rings. The monoisotopic (exact) mass is 473 g/mol. The van der Waals surface area contributed by atoms with E-state index in [4.69, 9.17) is 4.74 Å². The third-order valence-corrected chi connectivity index (χ3v) is 6.24. The van der Waals surface area contributed by atoms with Gasteiger partial charge in [0.25, 0.3) is 0 Å². The van der Waals surface area contributed by atoms with Crippen molar-refractivity contribution in [3.8, 4) is 0 Å². The third-order valence-electron chi connectivity index (χ3n) is 6.24. The maximum absolute atomic E-state index is 13.9. The van der Waals surface area contributed by atoms with Crippen LogP contribution in [0.4, 0.5) is 17.6 Å². The second-order valence-electron chi connectivity index (χ2n) is 8.37. The molecule has 0 unspecified atom stereocenters. The van der Waals surface area contributed by atoms with Gasteiger partial charge in [-0.1, -0.05) is 30.3 Å². The number of ether oxygens (including phenoxy) is 1. The molecule has 1 heterocycles. The number of carbonyl (C=O) groups excluding carboxylic acids is 2. The van der Waals surface area contributed by atoms with Gasteiger partial charge in [-0.25, -0.2) is 9.18 Å². The van der Waals surface area contributed by atoms with Gasteiger partial charge in [-0.15, -0.1) is 0 Å². The minimum absolute atomic E-state index is 0.00844. The third kappa shape index (κ3) is 4.36. The highest BCUT2D eigenvalue weighted by atomic mass is 19.4. The smallest absolute Gasteiger partial charge is 0.416 e. The Labute approximate surface area is 194 Å². The summed E-state index contributed by atoms with van der Waals surface area (Å²) in [7, 11) is 0. The summed E-state index contributed by atoms with van der Waals surface area (Å²) < 4.78 is 60.3. The zero-order chi connectivity index (χ0) is 24.6. The molecular weight excluding hydrogens is 450 g/mol. The molecule has 0 saturated carbocycles. The summed E-state index contributed by atoms with van der Waals surface area (Å²) in [5.74, 6) is -3.01. The Kier molecular flexibility index (Phi) is 6.34. The average molecular weight is 473 g/mol. The van der Waals surface area contributed by atoms with Crippen LogP contribution in [0, 0.1) is 5.82 Å². The molecule has 8 heteroatoms. The van der Waals surface area contributed by atoms with Gasteiger partial charge in [0, 0.05) is 29.3 Å². The van der Waals surface area contributed by atoms with E-state index in [-0.39, 0.29) is 41.4 Å². The van der Waals surface area contributed by atoms with Gasteiger partial charge in [0.15, 0.2) is 5.78 Å². The fraction of sp³-hybridized carbons (Fsp3) is 0.308. The van der Waals surface area contributed by atoms with Crippen molar-refractivity contribution in [1.29, 1.82) is 0 Å². The van der Waals surface area contributed by atoms with Crippen LogP contribution in [0.5, 0.6) is 0 Å². The number of ketones is 1. The molecular formula is C26H23F4NO3. The molecule has 1 aliphatic heterocycles. The summed E-state index contributed by atoms with van der Waals surface area (Å²) >= 11 is 0. The number of allylic oxidation sites excluding steroid dienone is 3. The van der Waals surface area contributed by atoms with E-state index >= 15 is 0 Å². The predicted octanol–water partition coefficient (Wildman–Crippen LogP) is 5.77. The van der Waals surface area contributed by atoms with Crippen LogP contribution >= 0.6 is 0 Å². The standard InChI is InChI=1S/C26H23F4NO3/c1-3-34-25(33)22-14(2)31-20-12-16(15-8-10-17(27)11-9-15)13-21(32)24(20)23(22)18-6-4-5-7-19(18)26(28,29)30/h4-11,16,23,31H,3,12-13H2,1-2H3/t16-,23-/m0/s1. The highest BCUT2D eigenvalue weighted by Gasteiger charge is 2.45. The summed E-state index contributed by atoms with van der Waals surface area (Å²) in [5.41, 5.74) is 0.629. The lowest BCUT2D eigenvalue weighted by Gasteiger charge is -2.37. The lowest BCUT2D eigenvalue weighted by molar-refractivity contribution is -0.140. The Hall–Kier alpha value is -3.42. The van der Waals surface area contributed by atoms with E-state index in [0.29, 0.717) is 17.8 Å². The van der Waals surface area contributed by atoms with Crippen LogP contribution in [-0.4, -0.2) is 18.4 Å². The number of halogens is 4. The van der Waals surface area contributed by atoms with E-state index in [1.54, 1.807) is 26.0 Å². The molecule has 0 radical (unpaired) electrons. The molecule has 2 aromatic rings. The Bertz CT molecular complexity index is 1200. The van der Waals surface area contributed by atoms with Gasteiger partial charge in [0.1, 0.15) is 5.82 Å². The molecule has 1 aliphatic carbocycles. The predicted molar refractivity (Wildman–Crippen MR) is 117 cm³/mol. The van der Waals surface area contributed by atoms with Crippen molar-refractivity contribution in [1.82, 2.24) is 5.32 Å². The number of hydrogen-bond donors (Lipinski definition) is 1. The molecule has 2 aromatic carbocycles. The Balaban J connectivity index is 1.87. The van der Waals surface area contributed by atoms with Crippen molar-refractivity contribution in [2.24, 2.45) is 0 Å². The number of dihydropyridines is 1. The molecule has 0 saturated heterocycles. The second kappa shape index (κ2) is 9.08. The normalized spacial score (nSPS) is 20.7. The van der Waals surface area contributed by atoms with Crippen LogP contribution in [0.2, 0.25) is 0 Å². The summed E-state index contributed by atoms with van der Waals surface area (Å²) in [6.45, 7) is 3.23. The van der Waals surface area contributed by atoms with Crippen LogP contribution in [0.3, 0.4) is 0 Å². The largest absolute Gasteiger partial charge is 0.463 e. The Morgan fingerprint density at radius 1 is 1.09 bits per heavy atom. The molecule has 2 aliphatic rings. The molecule has 178 valence electrons. The average Bonchev–Trinajstić information content (AvgIpc) is 2.78. The zero-order valence-corrected chi connectivity index (χ0v) is 18.6. The number of Topliss-reactive ketones (excluding diaryl/α,β-unsaturated/α-hetero) is 1. The number of nitrogens with one attached hydrogen (secondary N) is 1. The van der Waals surface area contributed by atoms with Crippen molar-refractivity contribution in [3.05, 3.63) is 93.6 Å². The molecule has 2 atom stereocenters. The quantitative estimate of drug-likeness (QED) is 0.453. The first kappa shape index (κ1) is 23.7. The van der Waals surface area contributed by atoms with Gasteiger partial charge in [-0.2, -0.15) is 13.2 Å². The van der Waals surface area contributed by atoms with Gasteiger partial charge in [0.05, 0.1) is 17.7 Å². The molecule has 0 spiro atoms. The van der Waals surface area contributed by atoms with Crippen molar-refractivity contribution >= 4 is 11.8 Å². The molecule has 0 aromatic heterocycles. The lowest BCUT2D eigenvalue weighted by Crippen LogP contribution is -2.36. The van der Waals surface area contributed by atoms with Gasteiger partial charge in [-0.3, -0.25) is 4.79 Å². The van der Waals surface area contributed by atoms with E-state index < -0.39 is 29.4 Å². The van der Waals surface area contributed by atoms with Crippen LogP contribution in [0.1, 0.15) is 55.2 Å². The molecule has 34 heavy (non-hydrogen) atoms. The SMILES string of the molecule is CCOC(=O)C1=C(C)NC2=C(C(=O)C[C@@H](c3ccc(F)cc3)C2)[C@H]1c1ccccc1C(F)(F)F. The van der Waals surface area contributed by atoms with E-state index in [9.17, 15) is 27.2 Å². The maximum atomic E-state index is 13.9. The maximum Gasteiger partial charge on any atom is 0.416 e. The molecule has 0 amide bonds. The highest BCUT2D eigenvalue weighted by Crippen LogP contribution is 2.48. The first-order valence-electron chi connectivity index (χ1n) is 10.9. The van der Waals surface area contributed by atoms with Crippen molar-refractivity contribution in [2.75, 3.05) is 6.61 Å². The minimum Gasteiger partial charge on any atom is -0.463 e. The van der Waals surface area contributed by atoms with Crippen molar-refractivity contribution in [2.45, 2.75) is 44.7 Å². The van der Waals surface area contributed by atoms with Crippen molar-refractivity contribution < 1.29 is 31.9 Å². The molecule has 1 N–H and O–H groups in total. The van der Waals surface area contributed by atoms with E-state index in [1.807, 2.05) is 0 Å².